The van der Waals surface area contributed by atoms with E-state index in [0.29, 0.717) is 0 Å². The molecule has 0 aliphatic rings. The van der Waals surface area contributed by atoms with E-state index in [1.54, 1.807) is 0 Å². The highest BCUT2D eigenvalue weighted by Crippen LogP contribution is 2.36. The Morgan fingerprint density at radius 3 is 2.08 bits per heavy atom. The molecule has 0 saturated carbocycles. The van der Waals surface area contributed by atoms with Crippen LogP contribution in [0.15, 0.2) is 12.1 Å². The summed E-state index contributed by atoms with van der Waals surface area (Å²) in [5.74, 6) is -2.20. The molecule has 0 fully saturated rings. The van der Waals surface area contributed by atoms with Gasteiger partial charge in [-0.3, -0.25) is 0 Å². The summed E-state index contributed by atoms with van der Waals surface area (Å²) >= 11 is 11.4. The van der Waals surface area contributed by atoms with E-state index in [9.17, 15) is 26.3 Å². The van der Waals surface area contributed by atoms with Crippen molar-refractivity contribution in [2.75, 3.05) is 0 Å². The second-order valence-electron chi connectivity index (χ2n) is 4.65. The SMILES string of the molecule is FC(F)(F)c1nc(C(F)(F)F)c2nc(-c3ccc(Cl)nc3Cl)[nH]c2n1. The van der Waals surface area contributed by atoms with Gasteiger partial charge < -0.3 is 4.98 Å². The van der Waals surface area contributed by atoms with Gasteiger partial charge in [0.25, 0.3) is 0 Å². The molecule has 3 aromatic rings. The van der Waals surface area contributed by atoms with Crippen molar-refractivity contribution in [3.05, 3.63) is 34.0 Å². The number of nitrogens with zero attached hydrogens (tertiary/aromatic N) is 4. The number of halogens is 8. The standard InChI is InChI=1S/C12H3Cl2F6N5/c13-4-2-1-3(7(14)21-4)8-22-5-6(11(15,16)17)23-10(12(18,19)20)25-9(5)24-8/h1-2H,(H,22,23,24,25). The topological polar surface area (TPSA) is 67.3 Å². The predicted octanol–water partition coefficient (Wildman–Crippen LogP) is 4.76. The summed E-state index contributed by atoms with van der Waals surface area (Å²) < 4.78 is 77.4. The van der Waals surface area contributed by atoms with Gasteiger partial charge in [0, 0.05) is 0 Å². The number of pyridine rings is 1. The van der Waals surface area contributed by atoms with E-state index in [2.05, 4.69) is 24.9 Å². The van der Waals surface area contributed by atoms with Crippen LogP contribution in [0.4, 0.5) is 26.3 Å². The number of fused-ring (bicyclic) bond motifs is 1. The minimum Gasteiger partial charge on any atom is -0.322 e. The number of nitrogens with one attached hydrogen (secondary N) is 1. The molecule has 5 nitrogen and oxygen atoms in total. The molecule has 3 aromatic heterocycles. The number of rotatable bonds is 1. The molecule has 132 valence electrons. The molecule has 0 aromatic carbocycles. The maximum Gasteiger partial charge on any atom is 0.451 e. The third-order valence-electron chi connectivity index (χ3n) is 2.94. The van der Waals surface area contributed by atoms with Crippen LogP contribution in [0, 0.1) is 0 Å². The van der Waals surface area contributed by atoms with Crippen molar-refractivity contribution in [2.24, 2.45) is 0 Å². The van der Waals surface area contributed by atoms with Crippen LogP contribution < -0.4 is 0 Å². The van der Waals surface area contributed by atoms with Crippen molar-refractivity contribution in [3.63, 3.8) is 0 Å². The lowest BCUT2D eigenvalue weighted by molar-refractivity contribution is -0.151. The first-order valence-electron chi connectivity index (χ1n) is 6.21. The average Bonchev–Trinajstić information content (AvgIpc) is 2.87. The van der Waals surface area contributed by atoms with E-state index in [1.165, 1.54) is 12.1 Å². The van der Waals surface area contributed by atoms with Crippen LogP contribution >= 0.6 is 23.2 Å². The molecule has 0 spiro atoms. The maximum atomic E-state index is 13.1. The summed E-state index contributed by atoms with van der Waals surface area (Å²) in [6.45, 7) is 0. The molecular weight excluding hydrogens is 399 g/mol. The Labute approximate surface area is 144 Å². The zero-order valence-corrected chi connectivity index (χ0v) is 13.0. The molecule has 3 rings (SSSR count). The number of imidazole rings is 1. The van der Waals surface area contributed by atoms with E-state index in [-0.39, 0.29) is 21.7 Å². The Hall–Kier alpha value is -2.14. The zero-order chi connectivity index (χ0) is 18.6. The Balaban J connectivity index is 2.29. The summed E-state index contributed by atoms with van der Waals surface area (Å²) in [5.41, 5.74) is -3.40. The Bertz CT molecular complexity index is 965. The van der Waals surface area contributed by atoms with E-state index in [1.807, 2.05) is 0 Å². The van der Waals surface area contributed by atoms with E-state index < -0.39 is 35.0 Å². The Morgan fingerprint density at radius 2 is 1.52 bits per heavy atom. The second kappa shape index (κ2) is 5.70. The van der Waals surface area contributed by atoms with Crippen molar-refractivity contribution < 1.29 is 26.3 Å². The molecule has 0 amide bonds. The van der Waals surface area contributed by atoms with E-state index in [4.69, 9.17) is 23.2 Å². The van der Waals surface area contributed by atoms with Gasteiger partial charge in [-0.2, -0.15) is 26.3 Å². The quantitative estimate of drug-likeness (QED) is 0.471. The normalized spacial score (nSPS) is 12.8. The number of H-pyrrole nitrogens is 1. The molecular formula is C12H3Cl2F6N5. The third-order valence-corrected chi connectivity index (χ3v) is 3.43. The van der Waals surface area contributed by atoms with Crippen LogP contribution in [0.25, 0.3) is 22.6 Å². The van der Waals surface area contributed by atoms with Crippen molar-refractivity contribution >= 4 is 34.4 Å². The van der Waals surface area contributed by atoms with Crippen LogP contribution in [0.1, 0.15) is 11.5 Å². The van der Waals surface area contributed by atoms with Gasteiger partial charge in [-0.25, -0.2) is 19.9 Å². The number of alkyl halides is 6. The van der Waals surface area contributed by atoms with E-state index in [0.717, 1.165) is 0 Å². The molecule has 1 N–H and O–H groups in total. The molecule has 0 bridgehead atoms. The van der Waals surface area contributed by atoms with Gasteiger partial charge in [0.1, 0.15) is 21.6 Å². The van der Waals surface area contributed by atoms with Crippen LogP contribution in [-0.4, -0.2) is 24.9 Å². The number of aromatic amines is 1. The third kappa shape index (κ3) is 3.33. The second-order valence-corrected chi connectivity index (χ2v) is 5.39. The fourth-order valence-electron chi connectivity index (χ4n) is 1.94. The largest absolute Gasteiger partial charge is 0.451 e. The van der Waals surface area contributed by atoms with Crippen LogP contribution in [-0.2, 0) is 12.4 Å². The Kier molecular flexibility index (Phi) is 4.03. The summed E-state index contributed by atoms with van der Waals surface area (Å²) in [6.07, 6.45) is -10.3. The highest BCUT2D eigenvalue weighted by molar-refractivity contribution is 6.34. The first-order chi connectivity index (χ1) is 11.5. The molecule has 13 heteroatoms. The summed E-state index contributed by atoms with van der Waals surface area (Å²) in [7, 11) is 0. The molecule has 0 aliphatic heterocycles. The van der Waals surface area contributed by atoms with Crippen molar-refractivity contribution in [1.82, 2.24) is 24.9 Å². The van der Waals surface area contributed by atoms with Gasteiger partial charge in [0.05, 0.1) is 5.56 Å². The first-order valence-corrected chi connectivity index (χ1v) is 6.97. The minimum absolute atomic E-state index is 0.0139. The lowest BCUT2D eigenvalue weighted by Crippen LogP contribution is -2.17. The lowest BCUT2D eigenvalue weighted by atomic mass is 10.3. The molecule has 0 unspecified atom stereocenters. The summed E-state index contributed by atoms with van der Waals surface area (Å²) in [6, 6.07) is 2.58. The number of hydrogen-bond donors (Lipinski definition) is 1. The average molecular weight is 402 g/mol. The number of aromatic nitrogens is 5. The van der Waals surface area contributed by atoms with Crippen LogP contribution in [0.2, 0.25) is 10.3 Å². The van der Waals surface area contributed by atoms with Gasteiger partial charge in [0.2, 0.25) is 5.82 Å². The highest BCUT2D eigenvalue weighted by atomic mass is 35.5. The van der Waals surface area contributed by atoms with Crippen molar-refractivity contribution in [1.29, 1.82) is 0 Å². The van der Waals surface area contributed by atoms with Gasteiger partial charge in [0.15, 0.2) is 11.3 Å². The van der Waals surface area contributed by atoms with Crippen molar-refractivity contribution in [2.45, 2.75) is 12.4 Å². The first kappa shape index (κ1) is 17.7. The monoisotopic (exact) mass is 401 g/mol. The highest BCUT2D eigenvalue weighted by Gasteiger charge is 2.42. The van der Waals surface area contributed by atoms with Crippen LogP contribution in [0.3, 0.4) is 0 Å². The molecule has 3 heterocycles. The van der Waals surface area contributed by atoms with Gasteiger partial charge in [-0.1, -0.05) is 23.2 Å². The lowest BCUT2D eigenvalue weighted by Gasteiger charge is -2.09. The molecule has 0 radical (unpaired) electrons. The molecule has 25 heavy (non-hydrogen) atoms. The molecule has 0 saturated heterocycles. The predicted molar refractivity (Wildman–Crippen MR) is 74.9 cm³/mol. The van der Waals surface area contributed by atoms with E-state index >= 15 is 0 Å². The van der Waals surface area contributed by atoms with Gasteiger partial charge in [-0.05, 0) is 12.1 Å². The minimum atomic E-state index is -5.17. The molecule has 0 atom stereocenters. The zero-order valence-electron chi connectivity index (χ0n) is 11.5. The fourth-order valence-corrected chi connectivity index (χ4v) is 2.37. The Morgan fingerprint density at radius 1 is 0.840 bits per heavy atom. The van der Waals surface area contributed by atoms with Gasteiger partial charge >= 0.3 is 12.4 Å². The van der Waals surface area contributed by atoms with Gasteiger partial charge in [-0.15, -0.1) is 0 Å². The number of hydrogen-bond acceptors (Lipinski definition) is 4. The fraction of sp³-hybridized carbons (Fsp3) is 0.167. The van der Waals surface area contributed by atoms with Crippen molar-refractivity contribution in [3.8, 4) is 11.4 Å². The summed E-state index contributed by atoms with van der Waals surface area (Å²) in [5, 5.41) is -0.191. The smallest absolute Gasteiger partial charge is 0.322 e. The van der Waals surface area contributed by atoms with Crippen LogP contribution in [0.5, 0.6) is 0 Å². The summed E-state index contributed by atoms with van der Waals surface area (Å²) in [4.78, 5) is 15.2. The maximum absolute atomic E-state index is 13.1. The molecule has 0 aliphatic carbocycles.